The van der Waals surface area contributed by atoms with Crippen LogP contribution in [0.5, 0.6) is 5.75 Å². The van der Waals surface area contributed by atoms with Crippen molar-refractivity contribution in [1.29, 1.82) is 0 Å². The van der Waals surface area contributed by atoms with Crippen molar-refractivity contribution in [2.45, 2.75) is 95.8 Å². The summed E-state index contributed by atoms with van der Waals surface area (Å²) >= 11 is 0. The molecule has 1 aromatic carbocycles. The first-order chi connectivity index (χ1) is 15.6. The van der Waals surface area contributed by atoms with Crippen molar-refractivity contribution >= 4 is 14.0 Å². The summed E-state index contributed by atoms with van der Waals surface area (Å²) in [6.07, 6.45) is -0.809. The molecule has 0 bridgehead atoms. The van der Waals surface area contributed by atoms with Crippen LogP contribution in [0.4, 0.5) is 13.2 Å². The van der Waals surface area contributed by atoms with Gasteiger partial charge in [0.1, 0.15) is 11.5 Å². The third-order valence-electron chi connectivity index (χ3n) is 10.1. The maximum Gasteiger partial charge on any atom is 0.431 e. The number of aryl methyl sites for hydroxylation is 1. The van der Waals surface area contributed by atoms with Crippen molar-refractivity contribution in [2.24, 2.45) is 28.3 Å². The number of fused-ring (bicyclic) bond motifs is 7. The molecule has 4 nitrogen and oxygen atoms in total. The van der Waals surface area contributed by atoms with E-state index in [1.807, 2.05) is 6.92 Å². The summed E-state index contributed by atoms with van der Waals surface area (Å²) in [6.45, 7) is 13.2. The molecule has 6 atom stereocenters. The third-order valence-corrected chi connectivity index (χ3v) is 14.5. The van der Waals surface area contributed by atoms with E-state index in [0.717, 1.165) is 25.0 Å². The van der Waals surface area contributed by atoms with E-state index in [2.05, 4.69) is 62.6 Å². The quantitative estimate of drug-likeness (QED) is 0.470. The zero-order valence-electron chi connectivity index (χ0n) is 21.0. The summed E-state index contributed by atoms with van der Waals surface area (Å²) in [5, 5.41) is 15.2. The zero-order chi connectivity index (χ0) is 24.9. The molecule has 1 aromatic rings. The minimum absolute atomic E-state index is 0.0258. The Labute approximate surface area is 201 Å². The van der Waals surface area contributed by atoms with Crippen LogP contribution in [0, 0.1) is 23.2 Å². The Morgan fingerprint density at radius 1 is 1.18 bits per heavy atom. The molecular formula is C26H37F3N2O2Si. The second-order valence-electron chi connectivity index (χ2n) is 12.8. The van der Waals surface area contributed by atoms with Gasteiger partial charge in [0, 0.05) is 5.41 Å². The molecule has 2 saturated carbocycles. The number of alkyl halides is 3. The van der Waals surface area contributed by atoms with Gasteiger partial charge in [0.2, 0.25) is 8.32 Å². The molecular weight excluding hydrogens is 457 g/mol. The van der Waals surface area contributed by atoms with Crippen LogP contribution < -0.4 is 9.85 Å². The summed E-state index contributed by atoms with van der Waals surface area (Å²) < 4.78 is 47.5. The van der Waals surface area contributed by atoms with Gasteiger partial charge in [-0.05, 0) is 91.2 Å². The average molecular weight is 495 g/mol. The monoisotopic (exact) mass is 494 g/mol. The molecule has 2 fully saturated rings. The van der Waals surface area contributed by atoms with E-state index in [9.17, 15) is 18.3 Å². The van der Waals surface area contributed by atoms with Crippen LogP contribution in [-0.4, -0.2) is 31.0 Å². The number of hydrazone groups is 1. The lowest BCUT2D eigenvalue weighted by Crippen LogP contribution is -2.58. The van der Waals surface area contributed by atoms with Gasteiger partial charge in [-0.2, -0.15) is 18.3 Å². The molecule has 188 valence electrons. The van der Waals surface area contributed by atoms with Crippen LogP contribution in [0.3, 0.4) is 0 Å². The first-order valence-electron chi connectivity index (χ1n) is 12.5. The number of halogens is 3. The molecule has 3 aliphatic carbocycles. The van der Waals surface area contributed by atoms with Crippen LogP contribution in [0.2, 0.25) is 18.1 Å². The van der Waals surface area contributed by atoms with Crippen molar-refractivity contribution in [1.82, 2.24) is 5.43 Å². The number of rotatable bonds is 2. The Balaban J connectivity index is 1.42. The Morgan fingerprint density at radius 2 is 1.88 bits per heavy atom. The summed E-state index contributed by atoms with van der Waals surface area (Å²) in [4.78, 5) is 0. The topological polar surface area (TPSA) is 53.8 Å². The highest BCUT2D eigenvalue weighted by atomic mass is 28.4. The average Bonchev–Trinajstić information content (AvgIpc) is 3.16. The summed E-state index contributed by atoms with van der Waals surface area (Å²) in [5.41, 5.74) is 2.11. The van der Waals surface area contributed by atoms with Crippen LogP contribution in [0.25, 0.3) is 0 Å². The highest BCUT2D eigenvalue weighted by Gasteiger charge is 2.71. The minimum Gasteiger partial charge on any atom is -0.543 e. The van der Waals surface area contributed by atoms with Crippen molar-refractivity contribution in [2.75, 3.05) is 0 Å². The Kier molecular flexibility index (Phi) is 5.15. The van der Waals surface area contributed by atoms with Crippen molar-refractivity contribution < 1.29 is 22.7 Å². The van der Waals surface area contributed by atoms with E-state index in [4.69, 9.17) is 4.43 Å². The number of nitrogens with zero attached hydrogens (tertiary/aromatic N) is 1. The Hall–Kier alpha value is -1.54. The molecule has 5 unspecified atom stereocenters. The lowest BCUT2D eigenvalue weighted by atomic mass is 9.54. The van der Waals surface area contributed by atoms with E-state index < -0.39 is 37.3 Å². The summed E-state index contributed by atoms with van der Waals surface area (Å²) in [5.74, 6) is 0.548. The lowest BCUT2D eigenvalue weighted by molar-refractivity contribution is -0.130. The summed E-state index contributed by atoms with van der Waals surface area (Å²) in [7, 11) is -1.93. The minimum atomic E-state index is -4.52. The smallest absolute Gasteiger partial charge is 0.431 e. The fourth-order valence-corrected chi connectivity index (χ4v) is 8.14. The van der Waals surface area contributed by atoms with Gasteiger partial charge < -0.3 is 9.53 Å². The molecule has 8 heteroatoms. The van der Waals surface area contributed by atoms with Gasteiger partial charge in [-0.1, -0.05) is 33.8 Å². The first kappa shape index (κ1) is 24.2. The van der Waals surface area contributed by atoms with Gasteiger partial charge in [-0.3, -0.25) is 5.43 Å². The molecule has 0 saturated heterocycles. The second-order valence-corrected chi connectivity index (χ2v) is 17.5. The van der Waals surface area contributed by atoms with Crippen molar-refractivity contribution in [3.05, 3.63) is 29.3 Å². The molecule has 4 aliphatic rings. The number of benzene rings is 1. The molecule has 0 spiro atoms. The summed E-state index contributed by atoms with van der Waals surface area (Å²) in [6, 6.07) is 6.48. The molecule has 0 radical (unpaired) electrons. The molecule has 1 heterocycles. The van der Waals surface area contributed by atoms with E-state index in [1.165, 1.54) is 11.1 Å². The lowest BCUT2D eigenvalue weighted by Gasteiger charge is -2.52. The number of aliphatic hydroxyl groups is 1. The predicted octanol–water partition coefficient (Wildman–Crippen LogP) is 6.36. The molecule has 0 aromatic heterocycles. The van der Waals surface area contributed by atoms with E-state index >= 15 is 0 Å². The third kappa shape index (κ3) is 3.30. The van der Waals surface area contributed by atoms with E-state index in [0.29, 0.717) is 18.8 Å². The first-order valence-corrected chi connectivity index (χ1v) is 15.5. The molecule has 0 amide bonds. The van der Waals surface area contributed by atoms with Crippen LogP contribution in [-0.2, 0) is 6.42 Å². The molecule has 5 rings (SSSR count). The predicted molar refractivity (Wildman–Crippen MR) is 129 cm³/mol. The molecule has 2 N–H and O–H groups in total. The normalized spacial score (nSPS) is 37.2. The van der Waals surface area contributed by atoms with Crippen LogP contribution in [0.1, 0.15) is 70.4 Å². The van der Waals surface area contributed by atoms with Crippen LogP contribution in [0.15, 0.2) is 23.3 Å². The Morgan fingerprint density at radius 3 is 2.53 bits per heavy atom. The molecule has 1 aliphatic heterocycles. The van der Waals surface area contributed by atoms with Gasteiger partial charge in [0.05, 0.1) is 5.92 Å². The number of nitrogens with one attached hydrogen (secondary N) is 1. The number of hydrogen-bond donors (Lipinski definition) is 2. The van der Waals surface area contributed by atoms with E-state index in [-0.39, 0.29) is 16.9 Å². The largest absolute Gasteiger partial charge is 0.543 e. The molecule has 34 heavy (non-hydrogen) atoms. The van der Waals surface area contributed by atoms with Gasteiger partial charge in [0.15, 0.2) is 5.72 Å². The fourth-order valence-electron chi connectivity index (χ4n) is 7.12. The van der Waals surface area contributed by atoms with Gasteiger partial charge in [-0.25, -0.2) is 0 Å². The highest BCUT2D eigenvalue weighted by Crippen LogP contribution is 2.66. The standard InChI is InChI=1S/C26H37F3N2O2Si/c1-23(2,3)34(5,6)33-16-8-10-17-15(13-16)7-9-19-18(17)11-12-24(4)20(19)14-21-22(26(27,28)29)30-31-25(21,24)32/h8,10,13,18-21,31-32H,7,9,11-12,14H2,1-6H3/t18?,19?,20?,21?,24-,25?/m0/s1. The van der Waals surface area contributed by atoms with Crippen molar-refractivity contribution in [3.8, 4) is 5.75 Å². The highest BCUT2D eigenvalue weighted by molar-refractivity contribution is 6.74. The zero-order valence-corrected chi connectivity index (χ0v) is 22.0. The second kappa shape index (κ2) is 7.25. The van der Waals surface area contributed by atoms with Crippen LogP contribution >= 0.6 is 0 Å². The fraction of sp³-hybridized carbons (Fsp3) is 0.731. The van der Waals surface area contributed by atoms with Crippen molar-refractivity contribution in [3.63, 3.8) is 0 Å². The maximum atomic E-state index is 13.6. The Bertz CT molecular complexity index is 1030. The number of hydrogen-bond acceptors (Lipinski definition) is 4. The SMILES string of the molecule is CC(C)(C)[Si](C)(C)Oc1ccc2c(c1)CCC1C2CC[C@@]2(C)C1CC1C(C(F)(F)F)=NNC12O. The van der Waals surface area contributed by atoms with Gasteiger partial charge in [-0.15, -0.1) is 0 Å². The van der Waals surface area contributed by atoms with E-state index in [1.54, 1.807) is 0 Å². The maximum absolute atomic E-state index is 13.6. The van der Waals surface area contributed by atoms with Gasteiger partial charge in [0.25, 0.3) is 0 Å². The van der Waals surface area contributed by atoms with Gasteiger partial charge >= 0.3 is 6.18 Å².